The largest absolute Gasteiger partial charge is 0.336 e. The van der Waals surface area contributed by atoms with E-state index in [4.69, 9.17) is 0 Å². The molecular weight excluding hydrogens is 336 g/mol. The lowest BCUT2D eigenvalue weighted by molar-refractivity contribution is 0.111. The molecule has 0 aliphatic carbocycles. The average molecular weight is 373 g/mol. The minimum atomic E-state index is 0.124. The van der Waals surface area contributed by atoms with E-state index < -0.39 is 0 Å². The second-order valence-corrected chi connectivity index (χ2v) is 8.39. The standard InChI is InChI=1S/C22H36N4O/c1-24-15-16-25(2)21(18-24)17-23-22(27)26-13-11-20(12-14-26)10-6-9-19-7-4-3-5-8-19/h3-5,7-8,20-21H,6,9-18H2,1-2H3,(H,23,27)/t21-/m1/s1. The summed E-state index contributed by atoms with van der Waals surface area (Å²) >= 11 is 0. The highest BCUT2D eigenvalue weighted by atomic mass is 16.2. The SMILES string of the molecule is CN1CCN(C)[C@H](CNC(=O)N2CCC(CCCc3ccccc3)CC2)C1. The number of aryl methyl sites for hydroxylation is 1. The lowest BCUT2D eigenvalue weighted by Gasteiger charge is -2.38. The van der Waals surface area contributed by atoms with E-state index >= 15 is 0 Å². The van der Waals surface area contributed by atoms with Crippen LogP contribution in [0.25, 0.3) is 0 Å². The third-order valence-corrected chi connectivity index (χ3v) is 6.29. The normalized spacial score (nSPS) is 22.7. The van der Waals surface area contributed by atoms with Crippen LogP contribution in [0.3, 0.4) is 0 Å². The van der Waals surface area contributed by atoms with Gasteiger partial charge >= 0.3 is 6.03 Å². The van der Waals surface area contributed by atoms with Gasteiger partial charge in [0.1, 0.15) is 0 Å². The van der Waals surface area contributed by atoms with Crippen molar-refractivity contribution in [1.82, 2.24) is 20.0 Å². The third-order valence-electron chi connectivity index (χ3n) is 6.29. The van der Waals surface area contributed by atoms with E-state index in [0.29, 0.717) is 6.04 Å². The van der Waals surface area contributed by atoms with Crippen molar-refractivity contribution >= 4 is 6.03 Å². The van der Waals surface area contributed by atoms with Crippen LogP contribution in [0, 0.1) is 5.92 Å². The number of likely N-dealkylation sites (N-methyl/N-ethyl adjacent to an activating group) is 2. The number of piperazine rings is 1. The number of likely N-dealkylation sites (tertiary alicyclic amines) is 1. The Kier molecular flexibility index (Phi) is 7.53. The van der Waals surface area contributed by atoms with Gasteiger partial charge in [-0.05, 0) is 57.7 Å². The monoisotopic (exact) mass is 372 g/mol. The molecule has 1 aromatic carbocycles. The molecule has 0 bridgehead atoms. The first-order valence-electron chi connectivity index (χ1n) is 10.6. The van der Waals surface area contributed by atoms with Crippen molar-refractivity contribution < 1.29 is 4.79 Å². The van der Waals surface area contributed by atoms with Gasteiger partial charge in [0, 0.05) is 45.3 Å². The van der Waals surface area contributed by atoms with Crippen molar-refractivity contribution in [3.8, 4) is 0 Å². The third kappa shape index (κ3) is 6.22. The molecule has 5 nitrogen and oxygen atoms in total. The van der Waals surface area contributed by atoms with Crippen LogP contribution in [0.15, 0.2) is 30.3 Å². The molecule has 0 spiro atoms. The Bertz CT molecular complexity index is 571. The quantitative estimate of drug-likeness (QED) is 0.834. The summed E-state index contributed by atoms with van der Waals surface area (Å²) in [6, 6.07) is 11.3. The maximum Gasteiger partial charge on any atom is 0.317 e. The van der Waals surface area contributed by atoms with Gasteiger partial charge in [0.25, 0.3) is 0 Å². The number of piperidine rings is 1. The van der Waals surface area contributed by atoms with Crippen LogP contribution in [0.1, 0.15) is 31.2 Å². The maximum atomic E-state index is 12.5. The minimum Gasteiger partial charge on any atom is -0.336 e. The summed E-state index contributed by atoms with van der Waals surface area (Å²) < 4.78 is 0. The van der Waals surface area contributed by atoms with E-state index in [1.807, 2.05) is 4.90 Å². The Morgan fingerprint density at radius 3 is 2.56 bits per heavy atom. The first kappa shape index (κ1) is 20.2. The summed E-state index contributed by atoms with van der Waals surface area (Å²) in [5, 5.41) is 3.17. The van der Waals surface area contributed by atoms with Gasteiger partial charge in [-0.15, -0.1) is 0 Å². The number of benzene rings is 1. The minimum absolute atomic E-state index is 0.124. The molecule has 150 valence electrons. The number of carbonyl (C=O) groups excluding carboxylic acids is 1. The first-order valence-corrected chi connectivity index (χ1v) is 10.6. The maximum absolute atomic E-state index is 12.5. The smallest absolute Gasteiger partial charge is 0.317 e. The fourth-order valence-corrected chi connectivity index (χ4v) is 4.30. The lowest BCUT2D eigenvalue weighted by atomic mass is 9.91. The fourth-order valence-electron chi connectivity index (χ4n) is 4.30. The number of amides is 2. The summed E-state index contributed by atoms with van der Waals surface area (Å²) in [7, 11) is 4.31. The Hall–Kier alpha value is -1.59. The Morgan fingerprint density at radius 2 is 1.81 bits per heavy atom. The summed E-state index contributed by atoms with van der Waals surface area (Å²) in [6.45, 7) is 5.77. The molecule has 0 unspecified atom stereocenters. The topological polar surface area (TPSA) is 38.8 Å². The molecule has 2 heterocycles. The molecule has 27 heavy (non-hydrogen) atoms. The number of nitrogens with one attached hydrogen (secondary N) is 1. The molecule has 1 atom stereocenters. The second kappa shape index (κ2) is 10.1. The number of hydrogen-bond donors (Lipinski definition) is 1. The molecular formula is C22H36N4O. The number of nitrogens with zero attached hydrogens (tertiary/aromatic N) is 3. The van der Waals surface area contributed by atoms with E-state index in [0.717, 1.165) is 58.0 Å². The van der Waals surface area contributed by atoms with E-state index in [1.165, 1.54) is 24.8 Å². The molecule has 5 heteroatoms. The summed E-state index contributed by atoms with van der Waals surface area (Å²) in [5.74, 6) is 0.774. The second-order valence-electron chi connectivity index (χ2n) is 8.39. The van der Waals surface area contributed by atoms with Crippen molar-refractivity contribution in [2.45, 2.75) is 38.1 Å². The average Bonchev–Trinajstić information content (AvgIpc) is 2.70. The highest BCUT2D eigenvalue weighted by molar-refractivity contribution is 5.74. The van der Waals surface area contributed by atoms with Crippen molar-refractivity contribution in [2.24, 2.45) is 5.92 Å². The zero-order valence-electron chi connectivity index (χ0n) is 17.1. The molecule has 1 N–H and O–H groups in total. The highest BCUT2D eigenvalue weighted by Crippen LogP contribution is 2.23. The predicted molar refractivity (Wildman–Crippen MR) is 111 cm³/mol. The highest BCUT2D eigenvalue weighted by Gasteiger charge is 2.25. The van der Waals surface area contributed by atoms with Crippen LogP contribution in [0.2, 0.25) is 0 Å². The van der Waals surface area contributed by atoms with Crippen molar-refractivity contribution in [1.29, 1.82) is 0 Å². The Balaban J connectivity index is 1.32. The van der Waals surface area contributed by atoms with Gasteiger partial charge < -0.3 is 15.1 Å². The van der Waals surface area contributed by atoms with E-state index in [-0.39, 0.29) is 6.03 Å². The zero-order chi connectivity index (χ0) is 19.1. The number of rotatable bonds is 6. The van der Waals surface area contributed by atoms with Crippen molar-refractivity contribution in [3.05, 3.63) is 35.9 Å². The van der Waals surface area contributed by atoms with Crippen LogP contribution in [-0.2, 0) is 6.42 Å². The summed E-state index contributed by atoms with van der Waals surface area (Å²) in [6.07, 6.45) is 6.00. The Labute approximate surface area is 164 Å². The molecule has 0 saturated carbocycles. The van der Waals surface area contributed by atoms with Gasteiger partial charge in [-0.25, -0.2) is 4.79 Å². The van der Waals surface area contributed by atoms with Gasteiger partial charge in [0.2, 0.25) is 0 Å². The van der Waals surface area contributed by atoms with Crippen LogP contribution >= 0.6 is 0 Å². The molecule has 2 aliphatic heterocycles. The van der Waals surface area contributed by atoms with E-state index in [1.54, 1.807) is 0 Å². The van der Waals surface area contributed by atoms with Crippen LogP contribution in [0.4, 0.5) is 4.79 Å². The molecule has 2 aliphatic rings. The molecule has 0 aromatic heterocycles. The van der Waals surface area contributed by atoms with Gasteiger partial charge in [0.05, 0.1) is 0 Å². The zero-order valence-corrected chi connectivity index (χ0v) is 17.1. The van der Waals surface area contributed by atoms with Gasteiger partial charge in [-0.3, -0.25) is 4.90 Å². The molecule has 0 radical (unpaired) electrons. The molecule has 3 rings (SSSR count). The van der Waals surface area contributed by atoms with Crippen molar-refractivity contribution in [2.75, 3.05) is 53.4 Å². The number of hydrogen-bond acceptors (Lipinski definition) is 3. The number of urea groups is 1. The number of carbonyl (C=O) groups is 1. The van der Waals surface area contributed by atoms with Gasteiger partial charge in [0.15, 0.2) is 0 Å². The van der Waals surface area contributed by atoms with Crippen LogP contribution < -0.4 is 5.32 Å². The molecule has 2 fully saturated rings. The van der Waals surface area contributed by atoms with Gasteiger partial charge in [-0.2, -0.15) is 0 Å². The molecule has 1 aromatic rings. The summed E-state index contributed by atoms with van der Waals surface area (Å²) in [4.78, 5) is 19.2. The van der Waals surface area contributed by atoms with E-state index in [2.05, 4.69) is 59.5 Å². The summed E-state index contributed by atoms with van der Waals surface area (Å²) in [5.41, 5.74) is 1.44. The Morgan fingerprint density at radius 1 is 1.07 bits per heavy atom. The predicted octanol–water partition coefficient (Wildman–Crippen LogP) is 2.68. The van der Waals surface area contributed by atoms with Crippen molar-refractivity contribution in [3.63, 3.8) is 0 Å². The van der Waals surface area contributed by atoms with E-state index in [9.17, 15) is 4.79 Å². The van der Waals surface area contributed by atoms with Crippen LogP contribution in [0.5, 0.6) is 0 Å². The molecule has 2 amide bonds. The first-order chi connectivity index (χ1) is 13.1. The van der Waals surface area contributed by atoms with Crippen LogP contribution in [-0.4, -0.2) is 80.1 Å². The molecule has 2 saturated heterocycles. The lowest BCUT2D eigenvalue weighted by Crippen LogP contribution is -2.55. The van der Waals surface area contributed by atoms with Gasteiger partial charge in [-0.1, -0.05) is 30.3 Å². The fraction of sp³-hybridized carbons (Fsp3) is 0.682.